The molecule has 1 atom stereocenters. The molecule has 1 aromatic heterocycles. The van der Waals surface area contributed by atoms with E-state index < -0.39 is 35.0 Å². The van der Waals surface area contributed by atoms with Crippen molar-refractivity contribution in [2.75, 3.05) is 31.8 Å². The molecule has 1 heterocycles. The number of anilines is 1. The molecule has 0 saturated heterocycles. The fourth-order valence-electron chi connectivity index (χ4n) is 3.05. The number of nitrogens with zero attached hydrogens (tertiary/aromatic N) is 4. The van der Waals surface area contributed by atoms with E-state index in [9.17, 15) is 42.9 Å². The number of nitrogens with one attached hydrogen (secondary N) is 1. The Labute approximate surface area is 234 Å². The second kappa shape index (κ2) is 14.6. The molecule has 0 aliphatic rings. The van der Waals surface area contributed by atoms with Gasteiger partial charge in [-0.1, -0.05) is 30.8 Å². The molecular weight excluding hydrogens is 587 g/mol. The number of carbonyl (C=O) groups excluding carboxylic acids is 1. The van der Waals surface area contributed by atoms with E-state index in [1.54, 1.807) is 31.0 Å². The molecule has 0 unspecified atom stereocenters. The number of nitrogens with two attached hydrogens (primary N) is 1. The van der Waals surface area contributed by atoms with Gasteiger partial charge in [0.15, 0.2) is 0 Å². The van der Waals surface area contributed by atoms with Gasteiger partial charge in [0.05, 0.1) is 23.9 Å². The lowest BCUT2D eigenvalue weighted by Gasteiger charge is -2.21. The van der Waals surface area contributed by atoms with Crippen LogP contribution in [0.25, 0.3) is 0 Å². The van der Waals surface area contributed by atoms with Gasteiger partial charge in [-0.3, -0.25) is 14.7 Å². The van der Waals surface area contributed by atoms with Crippen molar-refractivity contribution in [3.63, 3.8) is 0 Å². The van der Waals surface area contributed by atoms with E-state index in [1.807, 2.05) is 6.07 Å². The minimum atomic E-state index is -4.96. The topological polar surface area (TPSA) is 257 Å². The van der Waals surface area contributed by atoms with Crippen molar-refractivity contribution in [2.24, 2.45) is 5.73 Å². The fourth-order valence-corrected chi connectivity index (χ4v) is 5.12. The number of thioether (sulfide) groups is 1. The lowest BCUT2D eigenvalue weighted by atomic mass is 10.0. The van der Waals surface area contributed by atoms with Crippen molar-refractivity contribution >= 4 is 47.3 Å². The molecule has 216 valence electrons. The number of aromatic nitrogens is 1. The molecule has 2 rings (SSSR count). The number of carboxylic acids is 1. The summed E-state index contributed by atoms with van der Waals surface area (Å²) in [7, 11) is -5.46. The number of carboxylic acid groups (broad SMARTS) is 1. The van der Waals surface area contributed by atoms with Crippen molar-refractivity contribution < 1.29 is 41.6 Å². The van der Waals surface area contributed by atoms with Gasteiger partial charge in [-0.15, -0.1) is 0 Å². The van der Waals surface area contributed by atoms with Crippen molar-refractivity contribution in [3.8, 4) is 17.9 Å². The lowest BCUT2D eigenvalue weighted by molar-refractivity contribution is -0.135. The standard InChI is InChI=1S/C20H22N5O7PS2.C2H5NO2/c1-5-14-15(10-21)18(25(2)3)23-20(16(14)11-22)34-17(19(26)24-33(27,28)29)12-6-8-13(9-7-12)32-35(4,30)31;3-1-2(4)5/h6-9,17H,5H2,1-4H3,(H3,24,26,27,28,29);1,3H2,(H,4,5)/t17-;/m1./s1. The Kier molecular flexibility index (Phi) is 12.5. The van der Waals surface area contributed by atoms with Gasteiger partial charge < -0.3 is 29.7 Å². The first-order valence-electron chi connectivity index (χ1n) is 11.0. The Balaban J connectivity index is 0.00000146. The number of rotatable bonds is 10. The van der Waals surface area contributed by atoms with Crippen molar-refractivity contribution in [1.82, 2.24) is 10.1 Å². The second-order valence-electron chi connectivity index (χ2n) is 7.91. The van der Waals surface area contributed by atoms with Crippen LogP contribution in [-0.4, -0.2) is 67.1 Å². The zero-order valence-corrected chi connectivity index (χ0v) is 24.2. The highest BCUT2D eigenvalue weighted by atomic mass is 32.2. The third kappa shape index (κ3) is 10.5. The van der Waals surface area contributed by atoms with Gasteiger partial charge in [0, 0.05) is 14.1 Å². The summed E-state index contributed by atoms with van der Waals surface area (Å²) in [6.45, 7) is 1.48. The van der Waals surface area contributed by atoms with Crippen molar-refractivity contribution in [2.45, 2.75) is 23.6 Å². The maximum absolute atomic E-state index is 12.8. The normalized spacial score (nSPS) is 11.6. The molecule has 18 heteroatoms. The number of carbonyl (C=O) groups is 2. The number of hydrogen-bond donors (Lipinski definition) is 5. The summed E-state index contributed by atoms with van der Waals surface area (Å²) in [4.78, 5) is 46.6. The Morgan fingerprint density at radius 1 is 1.20 bits per heavy atom. The van der Waals surface area contributed by atoms with Gasteiger partial charge in [0.25, 0.3) is 0 Å². The SMILES string of the molecule is CCc1c(C#N)c(S[C@@H](C(=O)NP(=O)(O)O)c2ccc(OS(C)(=O)=O)cc2)nc(N(C)C)c1C#N.NCC(=O)O. The number of benzene rings is 1. The quantitative estimate of drug-likeness (QED) is 0.141. The molecule has 0 fully saturated rings. The number of amides is 1. The molecule has 0 radical (unpaired) electrons. The zero-order chi connectivity index (χ0) is 30.8. The van der Waals surface area contributed by atoms with E-state index in [4.69, 9.17) is 9.29 Å². The molecule has 0 bridgehead atoms. The van der Waals surface area contributed by atoms with Crippen molar-refractivity contribution in [3.05, 3.63) is 46.5 Å². The lowest BCUT2D eigenvalue weighted by Crippen LogP contribution is -2.25. The third-order valence-electron chi connectivity index (χ3n) is 4.58. The van der Waals surface area contributed by atoms with E-state index in [1.165, 1.54) is 24.3 Å². The number of aliphatic carboxylic acids is 1. The van der Waals surface area contributed by atoms with E-state index >= 15 is 0 Å². The van der Waals surface area contributed by atoms with Crippen LogP contribution in [0.3, 0.4) is 0 Å². The molecule has 0 aliphatic heterocycles. The van der Waals surface area contributed by atoms with Crippen LogP contribution in [0.15, 0.2) is 29.3 Å². The summed E-state index contributed by atoms with van der Waals surface area (Å²) in [5.74, 6) is -1.81. The van der Waals surface area contributed by atoms with E-state index in [0.717, 1.165) is 18.0 Å². The van der Waals surface area contributed by atoms with Gasteiger partial charge in [0.2, 0.25) is 5.91 Å². The fraction of sp³-hybridized carbons (Fsp3) is 0.318. The van der Waals surface area contributed by atoms with Gasteiger partial charge in [-0.05, 0) is 29.7 Å². The maximum Gasteiger partial charge on any atom is 0.429 e. The van der Waals surface area contributed by atoms with Crippen molar-refractivity contribution in [1.29, 1.82) is 10.5 Å². The predicted octanol–water partition coefficient (Wildman–Crippen LogP) is 0.864. The summed E-state index contributed by atoms with van der Waals surface area (Å²) in [6, 6.07) is 9.30. The summed E-state index contributed by atoms with van der Waals surface area (Å²) < 4.78 is 38.9. The summed E-state index contributed by atoms with van der Waals surface area (Å²) in [6.07, 6.45) is 1.18. The van der Waals surface area contributed by atoms with Gasteiger partial charge in [-0.25, -0.2) is 9.55 Å². The second-order valence-corrected chi connectivity index (χ2v) is 11.9. The smallest absolute Gasteiger partial charge is 0.429 e. The Bertz CT molecular complexity index is 1480. The molecule has 0 spiro atoms. The molecular formula is C22H27N6O9PS2. The summed E-state index contributed by atoms with van der Waals surface area (Å²) in [5.41, 5.74) is 5.48. The van der Waals surface area contributed by atoms with Crippen LogP contribution in [0.1, 0.15) is 34.4 Å². The van der Waals surface area contributed by atoms with E-state index in [-0.39, 0.29) is 39.8 Å². The number of nitriles is 2. The molecule has 0 aliphatic carbocycles. The van der Waals surface area contributed by atoms with E-state index in [0.29, 0.717) is 12.0 Å². The molecule has 0 saturated carbocycles. The highest BCUT2D eigenvalue weighted by Gasteiger charge is 2.30. The highest BCUT2D eigenvalue weighted by molar-refractivity contribution is 8.00. The zero-order valence-electron chi connectivity index (χ0n) is 21.7. The third-order valence-corrected chi connectivity index (χ3v) is 6.83. The van der Waals surface area contributed by atoms with Crippen LogP contribution in [0.2, 0.25) is 0 Å². The summed E-state index contributed by atoms with van der Waals surface area (Å²) in [5, 5.41) is 27.4. The monoisotopic (exact) mass is 614 g/mol. The van der Waals surface area contributed by atoms with Gasteiger partial charge >= 0.3 is 23.8 Å². The number of hydrogen-bond acceptors (Lipinski definition) is 12. The molecule has 6 N–H and O–H groups in total. The minimum Gasteiger partial charge on any atom is -0.480 e. The van der Waals surface area contributed by atoms with Crippen LogP contribution in [0.5, 0.6) is 5.75 Å². The van der Waals surface area contributed by atoms with E-state index in [2.05, 4.69) is 16.8 Å². The first-order chi connectivity index (χ1) is 18.5. The van der Waals surface area contributed by atoms with Crippen LogP contribution in [0, 0.1) is 22.7 Å². The molecule has 1 amide bonds. The first-order valence-corrected chi connectivity index (χ1v) is 15.3. The average molecular weight is 615 g/mol. The number of pyridine rings is 1. The predicted molar refractivity (Wildman–Crippen MR) is 145 cm³/mol. The van der Waals surface area contributed by atoms with Crippen LogP contribution >= 0.6 is 19.5 Å². The van der Waals surface area contributed by atoms with Gasteiger partial charge in [0.1, 0.15) is 34.0 Å². The average Bonchev–Trinajstić information content (AvgIpc) is 2.84. The molecule has 1 aromatic carbocycles. The van der Waals surface area contributed by atoms with Gasteiger partial charge in [-0.2, -0.15) is 18.9 Å². The maximum atomic E-state index is 12.8. The molecule has 40 heavy (non-hydrogen) atoms. The molecule has 15 nitrogen and oxygen atoms in total. The summed E-state index contributed by atoms with van der Waals surface area (Å²) >= 11 is 0.757. The Hall–Kier alpha value is -3.70. The molecule has 2 aromatic rings. The van der Waals surface area contributed by atoms with Crippen LogP contribution < -0.4 is 19.9 Å². The largest absolute Gasteiger partial charge is 0.480 e. The Morgan fingerprint density at radius 3 is 2.10 bits per heavy atom. The highest BCUT2D eigenvalue weighted by Crippen LogP contribution is 2.41. The Morgan fingerprint density at radius 2 is 1.73 bits per heavy atom. The van der Waals surface area contributed by atoms with Crippen LogP contribution in [-0.2, 0) is 30.7 Å². The minimum absolute atomic E-state index is 0.0345. The first kappa shape index (κ1) is 34.3. The van der Waals surface area contributed by atoms with Crippen LogP contribution in [0.4, 0.5) is 5.82 Å².